The number of hydrogen-bond acceptors (Lipinski definition) is 6. The molecule has 0 aliphatic carbocycles. The van der Waals surface area contributed by atoms with Crippen LogP contribution in [0, 0.1) is 0 Å². The van der Waals surface area contributed by atoms with Crippen LogP contribution in [0.25, 0.3) is 0 Å². The Morgan fingerprint density at radius 2 is 1.89 bits per heavy atom. The summed E-state index contributed by atoms with van der Waals surface area (Å²) in [6, 6.07) is 7.25. The van der Waals surface area contributed by atoms with Crippen molar-refractivity contribution in [1.29, 1.82) is 0 Å². The first-order valence-electron chi connectivity index (χ1n) is 6.02. The van der Waals surface area contributed by atoms with E-state index >= 15 is 0 Å². The molecule has 2 rings (SSSR count). The molecular weight excluding hydrogens is 252 g/mol. The van der Waals surface area contributed by atoms with Gasteiger partial charge in [-0.15, -0.1) is 0 Å². The summed E-state index contributed by atoms with van der Waals surface area (Å²) in [6.45, 7) is 0.154. The van der Waals surface area contributed by atoms with Gasteiger partial charge in [-0.25, -0.2) is 0 Å². The van der Waals surface area contributed by atoms with Crippen LogP contribution in [0.15, 0.2) is 24.3 Å². The number of benzene rings is 1. The lowest BCUT2D eigenvalue weighted by Gasteiger charge is -2.35. The van der Waals surface area contributed by atoms with Crippen LogP contribution in [0.2, 0.25) is 0 Å². The highest BCUT2D eigenvalue weighted by molar-refractivity contribution is 5.26. The zero-order valence-electron chi connectivity index (χ0n) is 10.6. The number of hydrogen-bond donors (Lipinski definition) is 3. The predicted octanol–water partition coefficient (Wildman–Crippen LogP) is -0.349. The van der Waals surface area contributed by atoms with Crippen molar-refractivity contribution < 1.29 is 29.5 Å². The average Bonchev–Trinajstić information content (AvgIpc) is 2.44. The molecule has 1 heterocycles. The van der Waals surface area contributed by atoms with Gasteiger partial charge in [0.2, 0.25) is 0 Å². The maximum atomic E-state index is 9.69. The maximum Gasteiger partial charge on any atom is 0.183 e. The third-order valence-corrected chi connectivity index (χ3v) is 3.05. The number of aliphatic hydroxyl groups excluding tert-OH is 3. The fourth-order valence-corrected chi connectivity index (χ4v) is 1.90. The molecule has 3 N–H and O–H groups in total. The van der Waals surface area contributed by atoms with Crippen LogP contribution in [-0.2, 0) is 16.1 Å². The Labute approximate surface area is 111 Å². The second-order valence-corrected chi connectivity index (χ2v) is 4.41. The molecule has 19 heavy (non-hydrogen) atoms. The molecule has 0 amide bonds. The molecule has 6 nitrogen and oxygen atoms in total. The van der Waals surface area contributed by atoms with Crippen molar-refractivity contribution in [2.24, 2.45) is 0 Å². The van der Waals surface area contributed by atoms with Crippen LogP contribution < -0.4 is 4.74 Å². The van der Waals surface area contributed by atoms with Gasteiger partial charge in [-0.1, -0.05) is 12.1 Å². The van der Waals surface area contributed by atoms with Crippen LogP contribution in [-0.4, -0.2) is 53.6 Å². The van der Waals surface area contributed by atoms with Crippen LogP contribution in [0.4, 0.5) is 0 Å². The van der Waals surface area contributed by atoms with Crippen LogP contribution >= 0.6 is 0 Å². The SMILES string of the molecule is COc1ccc(CO[C@@H]2[C@@H](O)[C@H](O)OC[C@H]2O)cc1. The van der Waals surface area contributed by atoms with Crippen molar-refractivity contribution in [1.82, 2.24) is 0 Å². The van der Waals surface area contributed by atoms with E-state index in [-0.39, 0.29) is 13.2 Å². The topological polar surface area (TPSA) is 88.4 Å². The standard InChI is InChI=1S/C13H18O6/c1-17-9-4-2-8(3-5-9)6-18-12-10(14)7-19-13(16)11(12)15/h2-5,10-16H,6-7H2,1H3/t10-,11-,12+,13-/m1/s1. The number of methoxy groups -OCH3 is 1. The minimum atomic E-state index is -1.33. The van der Waals surface area contributed by atoms with Gasteiger partial charge in [-0.3, -0.25) is 0 Å². The van der Waals surface area contributed by atoms with Crippen LogP contribution in [0.3, 0.4) is 0 Å². The Morgan fingerprint density at radius 1 is 1.21 bits per heavy atom. The number of aliphatic hydroxyl groups is 3. The summed E-state index contributed by atoms with van der Waals surface area (Å²) < 4.78 is 15.3. The summed E-state index contributed by atoms with van der Waals surface area (Å²) in [5, 5.41) is 28.7. The molecule has 1 aromatic rings. The molecule has 0 saturated carbocycles. The van der Waals surface area contributed by atoms with Crippen molar-refractivity contribution in [3.05, 3.63) is 29.8 Å². The minimum absolute atomic E-state index is 0.0640. The van der Waals surface area contributed by atoms with Crippen molar-refractivity contribution in [2.75, 3.05) is 13.7 Å². The van der Waals surface area contributed by atoms with E-state index in [0.29, 0.717) is 0 Å². The quantitative estimate of drug-likeness (QED) is 0.693. The minimum Gasteiger partial charge on any atom is -0.497 e. The smallest absolute Gasteiger partial charge is 0.183 e. The van der Waals surface area contributed by atoms with E-state index in [9.17, 15) is 15.3 Å². The van der Waals surface area contributed by atoms with Crippen LogP contribution in [0.1, 0.15) is 5.56 Å². The molecule has 0 radical (unpaired) electrons. The lowest BCUT2D eigenvalue weighted by Crippen LogP contribution is -2.53. The molecule has 0 bridgehead atoms. The van der Waals surface area contributed by atoms with E-state index in [1.54, 1.807) is 19.2 Å². The van der Waals surface area contributed by atoms with Gasteiger partial charge < -0.3 is 29.5 Å². The normalized spacial score (nSPS) is 31.2. The van der Waals surface area contributed by atoms with Gasteiger partial charge >= 0.3 is 0 Å². The molecule has 4 atom stereocenters. The molecule has 1 aromatic carbocycles. The number of rotatable bonds is 4. The van der Waals surface area contributed by atoms with Crippen LogP contribution in [0.5, 0.6) is 5.75 Å². The maximum absolute atomic E-state index is 9.69. The summed E-state index contributed by atoms with van der Waals surface area (Å²) in [5.74, 6) is 0.741. The van der Waals surface area contributed by atoms with Gasteiger partial charge in [0, 0.05) is 0 Å². The molecule has 0 spiro atoms. The predicted molar refractivity (Wildman–Crippen MR) is 65.5 cm³/mol. The molecule has 1 fully saturated rings. The zero-order chi connectivity index (χ0) is 13.8. The molecule has 0 aromatic heterocycles. The fraction of sp³-hybridized carbons (Fsp3) is 0.538. The Balaban J connectivity index is 1.92. The molecule has 0 unspecified atom stereocenters. The molecule has 6 heteroatoms. The lowest BCUT2D eigenvalue weighted by atomic mass is 10.1. The third kappa shape index (κ3) is 3.43. The second-order valence-electron chi connectivity index (χ2n) is 4.41. The zero-order valence-corrected chi connectivity index (χ0v) is 10.6. The van der Waals surface area contributed by atoms with E-state index in [1.165, 1.54) is 0 Å². The van der Waals surface area contributed by atoms with Crippen molar-refractivity contribution in [2.45, 2.75) is 31.2 Å². The van der Waals surface area contributed by atoms with Crippen molar-refractivity contribution in [3.63, 3.8) is 0 Å². The van der Waals surface area contributed by atoms with E-state index in [1.807, 2.05) is 12.1 Å². The van der Waals surface area contributed by atoms with E-state index in [4.69, 9.17) is 14.2 Å². The van der Waals surface area contributed by atoms with E-state index in [0.717, 1.165) is 11.3 Å². The highest BCUT2D eigenvalue weighted by Crippen LogP contribution is 2.19. The van der Waals surface area contributed by atoms with Gasteiger partial charge in [0.05, 0.1) is 20.3 Å². The fourth-order valence-electron chi connectivity index (χ4n) is 1.90. The van der Waals surface area contributed by atoms with E-state index in [2.05, 4.69) is 0 Å². The molecule has 1 saturated heterocycles. The van der Waals surface area contributed by atoms with E-state index < -0.39 is 24.6 Å². The first-order valence-corrected chi connectivity index (χ1v) is 6.02. The molecule has 106 valence electrons. The summed E-state index contributed by atoms with van der Waals surface area (Å²) in [7, 11) is 1.58. The molecule has 1 aliphatic rings. The van der Waals surface area contributed by atoms with Gasteiger partial charge in [0.15, 0.2) is 6.29 Å². The summed E-state index contributed by atoms with van der Waals surface area (Å²) >= 11 is 0. The number of ether oxygens (including phenoxy) is 3. The Bertz CT molecular complexity index is 393. The van der Waals surface area contributed by atoms with Gasteiger partial charge in [-0.05, 0) is 17.7 Å². The third-order valence-electron chi connectivity index (χ3n) is 3.05. The monoisotopic (exact) mass is 270 g/mol. The van der Waals surface area contributed by atoms with Crippen molar-refractivity contribution >= 4 is 0 Å². The van der Waals surface area contributed by atoms with Gasteiger partial charge in [0.1, 0.15) is 24.1 Å². The first kappa shape index (κ1) is 14.2. The highest BCUT2D eigenvalue weighted by Gasteiger charge is 2.38. The summed E-state index contributed by atoms with van der Waals surface area (Å²) in [4.78, 5) is 0. The van der Waals surface area contributed by atoms with Gasteiger partial charge in [0.25, 0.3) is 0 Å². The Hall–Kier alpha value is -1.18. The molecular formula is C13H18O6. The highest BCUT2D eigenvalue weighted by atomic mass is 16.6. The second kappa shape index (κ2) is 6.31. The Kier molecular flexibility index (Phi) is 4.73. The largest absolute Gasteiger partial charge is 0.497 e. The van der Waals surface area contributed by atoms with Gasteiger partial charge in [-0.2, -0.15) is 0 Å². The van der Waals surface area contributed by atoms with Crippen molar-refractivity contribution in [3.8, 4) is 5.75 Å². The molecule has 1 aliphatic heterocycles. The Morgan fingerprint density at radius 3 is 2.53 bits per heavy atom. The first-order chi connectivity index (χ1) is 9.11. The lowest BCUT2D eigenvalue weighted by molar-refractivity contribution is -0.264. The summed E-state index contributed by atoms with van der Waals surface area (Å²) in [5.41, 5.74) is 0.876. The summed E-state index contributed by atoms with van der Waals surface area (Å²) in [6.07, 6.45) is -4.42. The average molecular weight is 270 g/mol.